The van der Waals surface area contributed by atoms with E-state index in [9.17, 15) is 0 Å². The van der Waals surface area contributed by atoms with Gasteiger partial charge < -0.3 is 9.47 Å². The van der Waals surface area contributed by atoms with Crippen LogP contribution in [0.15, 0.2) is 0 Å². The van der Waals surface area contributed by atoms with Crippen LogP contribution in [0.2, 0.25) is 0 Å². The summed E-state index contributed by atoms with van der Waals surface area (Å²) in [4.78, 5) is 0. The predicted octanol–water partition coefficient (Wildman–Crippen LogP) is 2.95. The average Bonchev–Trinajstić information content (AvgIpc) is 2.42. The van der Waals surface area contributed by atoms with Crippen LogP contribution in [0.4, 0.5) is 0 Å². The summed E-state index contributed by atoms with van der Waals surface area (Å²) in [6.07, 6.45) is 2.70. The Hall–Kier alpha value is 0.400. The predicted molar refractivity (Wildman–Crippen MR) is 57.1 cm³/mol. The van der Waals surface area contributed by atoms with Gasteiger partial charge in [-0.1, -0.05) is 22.9 Å². The fourth-order valence-electron chi connectivity index (χ4n) is 1.58. The number of hydrogen-bond acceptors (Lipinski definition) is 2. The van der Waals surface area contributed by atoms with E-state index in [4.69, 9.17) is 9.47 Å². The maximum atomic E-state index is 5.77. The normalized spacial score (nSPS) is 29.1. The summed E-state index contributed by atoms with van der Waals surface area (Å²) < 4.78 is 11.3. The van der Waals surface area contributed by atoms with Crippen molar-refractivity contribution in [2.24, 2.45) is 5.92 Å². The Labute approximate surface area is 89.1 Å². The second-order valence-corrected chi connectivity index (χ2v) is 4.97. The number of alkyl halides is 1. The van der Waals surface area contributed by atoms with Gasteiger partial charge in [-0.2, -0.15) is 0 Å². The van der Waals surface area contributed by atoms with Crippen molar-refractivity contribution in [3.05, 3.63) is 0 Å². The molecule has 1 aliphatic heterocycles. The van der Waals surface area contributed by atoms with Crippen molar-refractivity contribution in [2.75, 3.05) is 11.9 Å². The second-order valence-electron chi connectivity index (χ2n) is 4.18. The van der Waals surface area contributed by atoms with E-state index >= 15 is 0 Å². The van der Waals surface area contributed by atoms with Crippen LogP contribution >= 0.6 is 15.9 Å². The minimum absolute atomic E-state index is 0.286. The Morgan fingerprint density at radius 3 is 2.69 bits per heavy atom. The third-order valence-corrected chi connectivity index (χ3v) is 3.02. The van der Waals surface area contributed by atoms with Crippen LogP contribution in [0.25, 0.3) is 0 Å². The van der Waals surface area contributed by atoms with Crippen molar-refractivity contribution in [1.29, 1.82) is 0 Å². The molecule has 2 nitrogen and oxygen atoms in total. The first-order valence-corrected chi connectivity index (χ1v) is 6.05. The monoisotopic (exact) mass is 250 g/mol. The van der Waals surface area contributed by atoms with Gasteiger partial charge in [0.25, 0.3) is 0 Å². The molecule has 0 aromatic rings. The lowest BCUT2D eigenvalue weighted by atomic mass is 10.0. The molecule has 1 saturated heterocycles. The highest BCUT2D eigenvalue weighted by molar-refractivity contribution is 9.09. The largest absolute Gasteiger partial charge is 0.348 e. The standard InChI is InChI=1S/C10H19BrO2/c1-8(5-4-6-11)9-7-12-10(2,3)13-9/h8-9H,4-7H2,1-3H3/t8-,9-/m0/s1. The first kappa shape index (κ1) is 11.5. The van der Waals surface area contributed by atoms with Crippen molar-refractivity contribution < 1.29 is 9.47 Å². The number of hydrogen-bond donors (Lipinski definition) is 0. The zero-order chi connectivity index (χ0) is 9.90. The summed E-state index contributed by atoms with van der Waals surface area (Å²) in [5.74, 6) is 0.229. The summed E-state index contributed by atoms with van der Waals surface area (Å²) in [6, 6.07) is 0. The molecule has 0 saturated carbocycles. The van der Waals surface area contributed by atoms with E-state index in [1.54, 1.807) is 0 Å². The van der Waals surface area contributed by atoms with Crippen molar-refractivity contribution in [3.8, 4) is 0 Å². The highest BCUT2D eigenvalue weighted by Gasteiger charge is 2.35. The third kappa shape index (κ3) is 3.56. The first-order chi connectivity index (χ1) is 6.05. The van der Waals surface area contributed by atoms with Gasteiger partial charge in [-0.3, -0.25) is 0 Å². The summed E-state index contributed by atoms with van der Waals surface area (Å²) in [5.41, 5.74) is 0. The maximum absolute atomic E-state index is 5.77. The van der Waals surface area contributed by atoms with Crippen molar-refractivity contribution in [2.45, 2.75) is 45.5 Å². The van der Waals surface area contributed by atoms with Gasteiger partial charge in [0.1, 0.15) is 0 Å². The molecule has 0 spiro atoms. The van der Waals surface area contributed by atoms with Gasteiger partial charge >= 0.3 is 0 Å². The number of rotatable bonds is 4. The zero-order valence-electron chi connectivity index (χ0n) is 8.68. The van der Waals surface area contributed by atoms with Gasteiger partial charge in [-0.05, 0) is 32.6 Å². The Morgan fingerprint density at radius 1 is 1.54 bits per heavy atom. The van der Waals surface area contributed by atoms with E-state index in [1.807, 2.05) is 13.8 Å². The molecule has 0 aromatic heterocycles. The lowest BCUT2D eigenvalue weighted by Gasteiger charge is -2.20. The lowest BCUT2D eigenvalue weighted by molar-refractivity contribution is -0.143. The first-order valence-electron chi connectivity index (χ1n) is 4.93. The quantitative estimate of drug-likeness (QED) is 0.715. The molecule has 0 unspecified atom stereocenters. The van der Waals surface area contributed by atoms with E-state index < -0.39 is 0 Å². The fraction of sp³-hybridized carbons (Fsp3) is 1.00. The Kier molecular flexibility index (Phi) is 4.20. The molecule has 2 atom stereocenters. The highest BCUT2D eigenvalue weighted by atomic mass is 79.9. The maximum Gasteiger partial charge on any atom is 0.163 e. The van der Waals surface area contributed by atoms with Crippen molar-refractivity contribution in [1.82, 2.24) is 0 Å². The van der Waals surface area contributed by atoms with Gasteiger partial charge in [0.2, 0.25) is 0 Å². The highest BCUT2D eigenvalue weighted by Crippen LogP contribution is 2.28. The number of halogens is 1. The Bertz CT molecular complexity index is 159. The molecule has 3 heteroatoms. The van der Waals surface area contributed by atoms with Gasteiger partial charge in [-0.15, -0.1) is 0 Å². The topological polar surface area (TPSA) is 18.5 Å². The summed E-state index contributed by atoms with van der Waals surface area (Å²) in [7, 11) is 0. The molecule has 0 amide bonds. The van der Waals surface area contributed by atoms with Crippen LogP contribution in [-0.2, 0) is 9.47 Å². The van der Waals surface area contributed by atoms with Crippen LogP contribution in [-0.4, -0.2) is 23.8 Å². The van der Waals surface area contributed by atoms with Crippen LogP contribution < -0.4 is 0 Å². The van der Waals surface area contributed by atoms with Gasteiger partial charge in [0, 0.05) is 5.33 Å². The lowest BCUT2D eigenvalue weighted by Crippen LogP contribution is -2.25. The van der Waals surface area contributed by atoms with Crippen LogP contribution in [0.5, 0.6) is 0 Å². The third-order valence-electron chi connectivity index (χ3n) is 2.46. The van der Waals surface area contributed by atoms with Gasteiger partial charge in [0.15, 0.2) is 5.79 Å². The zero-order valence-corrected chi connectivity index (χ0v) is 10.3. The molecule has 78 valence electrons. The molecule has 0 aliphatic carbocycles. The number of ether oxygens (including phenoxy) is 2. The molecule has 13 heavy (non-hydrogen) atoms. The minimum atomic E-state index is -0.368. The smallest absolute Gasteiger partial charge is 0.163 e. The SMILES string of the molecule is C[C@@H](CCCBr)[C@@H]1COC(C)(C)O1. The average molecular weight is 251 g/mol. The van der Waals surface area contributed by atoms with E-state index in [0.717, 1.165) is 11.9 Å². The fourth-order valence-corrected chi connectivity index (χ4v) is 1.90. The van der Waals surface area contributed by atoms with E-state index in [2.05, 4.69) is 22.9 Å². The molecular formula is C10H19BrO2. The Balaban J connectivity index is 2.29. The molecule has 1 heterocycles. The molecule has 0 bridgehead atoms. The van der Waals surface area contributed by atoms with E-state index in [-0.39, 0.29) is 11.9 Å². The molecular weight excluding hydrogens is 232 g/mol. The van der Waals surface area contributed by atoms with Crippen LogP contribution in [0, 0.1) is 5.92 Å². The van der Waals surface area contributed by atoms with Crippen LogP contribution in [0.1, 0.15) is 33.6 Å². The van der Waals surface area contributed by atoms with E-state index in [0.29, 0.717) is 5.92 Å². The van der Waals surface area contributed by atoms with Crippen LogP contribution in [0.3, 0.4) is 0 Å². The van der Waals surface area contributed by atoms with Crippen molar-refractivity contribution in [3.63, 3.8) is 0 Å². The second kappa shape index (κ2) is 4.76. The molecule has 0 aromatic carbocycles. The van der Waals surface area contributed by atoms with Gasteiger partial charge in [0.05, 0.1) is 12.7 Å². The Morgan fingerprint density at radius 2 is 2.23 bits per heavy atom. The van der Waals surface area contributed by atoms with E-state index in [1.165, 1.54) is 12.8 Å². The molecule has 1 rings (SSSR count). The summed E-state index contributed by atoms with van der Waals surface area (Å²) in [6.45, 7) is 6.93. The molecule has 0 N–H and O–H groups in total. The summed E-state index contributed by atoms with van der Waals surface area (Å²) in [5, 5.41) is 1.08. The molecule has 1 fully saturated rings. The molecule has 1 aliphatic rings. The summed E-state index contributed by atoms with van der Waals surface area (Å²) >= 11 is 3.44. The minimum Gasteiger partial charge on any atom is -0.348 e. The molecule has 0 radical (unpaired) electrons. The van der Waals surface area contributed by atoms with Crippen molar-refractivity contribution >= 4 is 15.9 Å². The van der Waals surface area contributed by atoms with Gasteiger partial charge in [-0.25, -0.2) is 0 Å².